The molecule has 0 saturated heterocycles. The van der Waals surface area contributed by atoms with Gasteiger partial charge >= 0.3 is 47.7 Å². The lowest BCUT2D eigenvalue weighted by molar-refractivity contribution is -0.453. The Hall–Kier alpha value is -2.20. The van der Waals surface area contributed by atoms with Crippen molar-refractivity contribution in [1.82, 2.24) is 0 Å². The Labute approximate surface area is 304 Å². The van der Waals surface area contributed by atoms with Crippen molar-refractivity contribution in [1.29, 1.82) is 0 Å². The van der Waals surface area contributed by atoms with Gasteiger partial charge in [0.1, 0.15) is 13.2 Å². The van der Waals surface area contributed by atoms with Crippen molar-refractivity contribution in [2.75, 3.05) is 126 Å². The highest BCUT2D eigenvalue weighted by atomic mass is 19.4. The maximum atomic E-state index is 13.8. The normalized spacial score (nSPS) is 13.7. The fraction of sp³-hybridized carbons (Fsp3) is 0.897. The lowest BCUT2D eigenvalue weighted by Crippen LogP contribution is -2.73. The quantitative estimate of drug-likeness (QED) is 0.0368. The summed E-state index contributed by atoms with van der Waals surface area (Å²) in [6, 6.07) is 0. The summed E-state index contributed by atoms with van der Waals surface area (Å²) in [5, 5.41) is 0. The van der Waals surface area contributed by atoms with Crippen molar-refractivity contribution < 1.29 is 118 Å². The molecule has 0 saturated carbocycles. The Morgan fingerprint density at radius 2 is 0.709 bits per heavy atom. The van der Waals surface area contributed by atoms with E-state index in [9.17, 15) is 70.7 Å². The van der Waals surface area contributed by atoms with E-state index in [2.05, 4.69) is 16.1 Å². The molecular formula is C29H41F15O11. The smallest absolute Gasteiger partial charge is 0.460 e. The fourth-order valence-electron chi connectivity index (χ4n) is 3.31. The lowest BCUT2D eigenvalue weighted by atomic mass is 9.91. The number of carbonyl (C=O) groups is 1. The first kappa shape index (κ1) is 52.8. The molecule has 0 rings (SSSR count). The number of esters is 1. The molecule has 0 heterocycles. The topological polar surface area (TPSA) is 109 Å². The van der Waals surface area contributed by atoms with Crippen LogP contribution < -0.4 is 0 Å². The van der Waals surface area contributed by atoms with Crippen LogP contribution in [0.15, 0.2) is 12.2 Å². The average Bonchev–Trinajstić information content (AvgIpc) is 3.08. The van der Waals surface area contributed by atoms with Crippen LogP contribution >= 0.6 is 0 Å². The van der Waals surface area contributed by atoms with E-state index >= 15 is 0 Å². The van der Waals surface area contributed by atoms with Crippen molar-refractivity contribution in [3.05, 3.63) is 12.2 Å². The van der Waals surface area contributed by atoms with Gasteiger partial charge in [-0.05, 0) is 0 Å². The van der Waals surface area contributed by atoms with Gasteiger partial charge in [0.2, 0.25) is 0 Å². The number of halogens is 15. The van der Waals surface area contributed by atoms with Gasteiger partial charge in [0.15, 0.2) is 0 Å². The van der Waals surface area contributed by atoms with Crippen LogP contribution in [0.1, 0.15) is 0 Å². The van der Waals surface area contributed by atoms with Crippen LogP contribution in [0.5, 0.6) is 0 Å². The number of hydrogen-bond donors (Lipinski definition) is 0. The third kappa shape index (κ3) is 16.3. The molecule has 11 nitrogen and oxygen atoms in total. The maximum Gasteiger partial charge on any atom is 0.460 e. The Bertz CT molecular complexity index is 1080. The van der Waals surface area contributed by atoms with Crippen molar-refractivity contribution in [2.24, 2.45) is 0 Å². The molecule has 0 unspecified atom stereocenters. The molecule has 0 aromatic carbocycles. The molecule has 0 aliphatic carbocycles. The number of hydrogen-bond acceptors (Lipinski definition) is 11. The van der Waals surface area contributed by atoms with E-state index in [-0.39, 0.29) is 39.6 Å². The van der Waals surface area contributed by atoms with E-state index in [4.69, 9.17) is 37.9 Å². The Balaban J connectivity index is 4.17. The maximum absolute atomic E-state index is 13.8. The SMILES string of the molecule is C=C(COCC(F)(F)C(F)(F)C(F)(F)C(F)(F)C(F)(F)C(F)(F)C(F)(F)F)C(=O)OCCOCCOCCOCCOCCOCCOCCOCCOC. The van der Waals surface area contributed by atoms with E-state index in [1.54, 1.807) is 7.11 Å². The molecule has 26 heteroatoms. The predicted octanol–water partition coefficient (Wildman–Crippen LogP) is 5.24. The highest BCUT2D eigenvalue weighted by molar-refractivity contribution is 5.87. The molecule has 0 N–H and O–H groups in total. The number of rotatable bonds is 34. The van der Waals surface area contributed by atoms with Gasteiger partial charge in [-0.2, -0.15) is 65.9 Å². The summed E-state index contributed by atoms with van der Waals surface area (Å²) >= 11 is 0. The molecule has 0 aliphatic heterocycles. The number of carbonyl (C=O) groups excluding carboxylic acids is 1. The van der Waals surface area contributed by atoms with E-state index in [1.807, 2.05) is 0 Å². The largest absolute Gasteiger partial charge is 0.460 e. The first-order valence-electron chi connectivity index (χ1n) is 15.7. The van der Waals surface area contributed by atoms with E-state index in [1.165, 1.54) is 0 Å². The second kappa shape index (κ2) is 24.5. The molecule has 55 heavy (non-hydrogen) atoms. The average molecular weight is 851 g/mol. The minimum absolute atomic E-state index is 0.0231. The zero-order valence-corrected chi connectivity index (χ0v) is 29.1. The number of ether oxygens (including phenoxy) is 10. The Kier molecular flexibility index (Phi) is 23.6. The van der Waals surface area contributed by atoms with Gasteiger partial charge in [-0.25, -0.2) is 4.79 Å². The monoisotopic (exact) mass is 850 g/mol. The summed E-state index contributed by atoms with van der Waals surface area (Å²) in [5.74, 6) is -48.9. The third-order valence-corrected chi connectivity index (χ3v) is 6.37. The first-order valence-corrected chi connectivity index (χ1v) is 15.7. The highest BCUT2D eigenvalue weighted by Crippen LogP contribution is 2.62. The molecule has 0 amide bonds. The van der Waals surface area contributed by atoms with Gasteiger partial charge in [0, 0.05) is 7.11 Å². The predicted molar refractivity (Wildman–Crippen MR) is 154 cm³/mol. The van der Waals surface area contributed by atoms with Gasteiger partial charge < -0.3 is 47.4 Å². The number of methoxy groups -OCH3 is 1. The van der Waals surface area contributed by atoms with Crippen molar-refractivity contribution >= 4 is 5.97 Å². The number of alkyl halides is 15. The third-order valence-electron chi connectivity index (χ3n) is 6.37. The molecule has 0 bridgehead atoms. The summed E-state index contributed by atoms with van der Waals surface area (Å²) in [5.41, 5.74) is -0.966. The van der Waals surface area contributed by atoms with Crippen LogP contribution in [0.3, 0.4) is 0 Å². The van der Waals surface area contributed by atoms with Gasteiger partial charge in [0.25, 0.3) is 0 Å². The minimum atomic E-state index is -8.41. The van der Waals surface area contributed by atoms with Crippen LogP contribution in [-0.2, 0) is 52.2 Å². The second-order valence-electron chi connectivity index (χ2n) is 10.6. The summed E-state index contributed by atoms with van der Waals surface area (Å²) in [6.07, 6.45) is -7.70. The van der Waals surface area contributed by atoms with E-state index in [0.29, 0.717) is 59.5 Å². The zero-order valence-electron chi connectivity index (χ0n) is 29.1. The molecule has 0 spiro atoms. The standard InChI is InChI=1S/C29H41F15O11/c1-21(19-54-20-23(30,31)24(32,33)25(34,35)26(36,37)27(38,39)28(40,41)29(42,43)44)22(45)55-18-17-53-16-15-52-14-13-51-12-11-50-10-9-49-8-7-48-6-5-47-4-3-46-2/h1,3-20H2,2H3. The molecular weight excluding hydrogens is 809 g/mol. The molecule has 0 radical (unpaired) electrons. The Morgan fingerprint density at radius 1 is 0.418 bits per heavy atom. The van der Waals surface area contributed by atoms with Crippen LogP contribution in [0.2, 0.25) is 0 Å². The summed E-state index contributed by atoms with van der Waals surface area (Å²) in [7, 11) is 1.57. The van der Waals surface area contributed by atoms with E-state index < -0.39 is 73.1 Å². The van der Waals surface area contributed by atoms with Crippen LogP contribution in [0, 0.1) is 0 Å². The van der Waals surface area contributed by atoms with Gasteiger partial charge in [-0.3, -0.25) is 0 Å². The lowest BCUT2D eigenvalue weighted by Gasteiger charge is -2.41. The van der Waals surface area contributed by atoms with Crippen molar-refractivity contribution in [3.8, 4) is 0 Å². The van der Waals surface area contributed by atoms with Crippen molar-refractivity contribution in [3.63, 3.8) is 0 Å². The van der Waals surface area contributed by atoms with Crippen LogP contribution in [-0.4, -0.2) is 174 Å². The molecule has 0 aromatic heterocycles. The van der Waals surface area contributed by atoms with Gasteiger partial charge in [-0.1, -0.05) is 6.58 Å². The van der Waals surface area contributed by atoms with Crippen LogP contribution in [0.25, 0.3) is 0 Å². The highest BCUT2D eigenvalue weighted by Gasteiger charge is 2.93. The van der Waals surface area contributed by atoms with Crippen molar-refractivity contribution in [2.45, 2.75) is 41.7 Å². The second-order valence-corrected chi connectivity index (χ2v) is 10.6. The summed E-state index contributed by atoms with van der Waals surface area (Å²) in [6.45, 7) is 1.88. The molecule has 0 atom stereocenters. The first-order chi connectivity index (χ1) is 25.4. The molecule has 0 fully saturated rings. The van der Waals surface area contributed by atoms with E-state index in [0.717, 1.165) is 0 Å². The Morgan fingerprint density at radius 3 is 1.04 bits per heavy atom. The van der Waals surface area contributed by atoms with Crippen LogP contribution in [0.4, 0.5) is 65.9 Å². The van der Waals surface area contributed by atoms with Gasteiger partial charge in [0.05, 0.1) is 111 Å². The minimum Gasteiger partial charge on any atom is -0.460 e. The fourth-order valence-corrected chi connectivity index (χ4v) is 3.31. The zero-order chi connectivity index (χ0) is 42.5. The molecule has 0 aliphatic rings. The van der Waals surface area contributed by atoms with Gasteiger partial charge in [-0.15, -0.1) is 0 Å². The molecule has 0 aromatic rings. The summed E-state index contributed by atoms with van der Waals surface area (Å²) < 4.78 is 248. The summed E-state index contributed by atoms with van der Waals surface area (Å²) in [4.78, 5) is 11.8. The molecule has 328 valence electrons.